The Morgan fingerprint density at radius 3 is 2.63 bits per heavy atom. The Kier molecular flexibility index (Phi) is 6.59. The monoisotopic (exact) mass is 425 g/mol. The number of thiazole rings is 1. The highest BCUT2D eigenvalue weighted by atomic mass is 32.1. The molecule has 0 spiro atoms. The van der Waals surface area contributed by atoms with Gasteiger partial charge in [0.2, 0.25) is 0 Å². The van der Waals surface area contributed by atoms with Crippen molar-refractivity contribution >= 4 is 33.8 Å². The van der Waals surface area contributed by atoms with Crippen molar-refractivity contribution in [2.24, 2.45) is 5.84 Å². The lowest BCUT2D eigenvalue weighted by atomic mass is 10.1. The second-order valence-corrected chi connectivity index (χ2v) is 8.13. The number of ether oxygens (including phenoxy) is 1. The van der Waals surface area contributed by atoms with Gasteiger partial charge in [0, 0.05) is 12.1 Å². The number of rotatable bonds is 6. The molecule has 0 aliphatic heterocycles. The van der Waals surface area contributed by atoms with E-state index < -0.39 is 6.09 Å². The average molecular weight is 426 g/mol. The van der Waals surface area contributed by atoms with Crippen LogP contribution in [0.25, 0.3) is 10.6 Å². The predicted molar refractivity (Wildman–Crippen MR) is 124 cm³/mol. The third-order valence-corrected chi connectivity index (χ3v) is 5.84. The molecule has 0 atom stereocenters. The molecule has 0 fully saturated rings. The third-order valence-electron chi connectivity index (χ3n) is 4.74. The van der Waals surface area contributed by atoms with Crippen LogP contribution in [0.2, 0.25) is 0 Å². The number of hydrogen-bond donors (Lipinski definition) is 3. The number of carbonyl (C=O) groups excluding carboxylic acids is 1. The predicted octanol–water partition coefficient (Wildman–Crippen LogP) is 4.77. The van der Waals surface area contributed by atoms with Gasteiger partial charge in [0.05, 0.1) is 17.1 Å². The Morgan fingerprint density at radius 2 is 1.97 bits per heavy atom. The van der Waals surface area contributed by atoms with Crippen LogP contribution in [0.15, 0.2) is 36.4 Å². The van der Waals surface area contributed by atoms with Gasteiger partial charge in [-0.15, -0.1) is 0 Å². The van der Waals surface area contributed by atoms with E-state index in [9.17, 15) is 4.79 Å². The van der Waals surface area contributed by atoms with E-state index in [-0.39, 0.29) is 6.61 Å². The summed E-state index contributed by atoms with van der Waals surface area (Å²) in [6, 6.07) is 11.6. The van der Waals surface area contributed by atoms with E-state index in [2.05, 4.69) is 42.3 Å². The van der Waals surface area contributed by atoms with E-state index in [1.165, 1.54) is 16.9 Å². The standard InChI is InChI=1S/C22H27N5O2S/c1-5-27(24)19-9-7-16(11-18(19)23)12-29-22(28)26-20-15(4)25-21(30-20)17-8-6-13(2)10-14(17)3/h6-11H,5,12,23-24H2,1-4H3,(H,26,28). The first kappa shape index (κ1) is 21.6. The summed E-state index contributed by atoms with van der Waals surface area (Å²) < 4.78 is 5.35. The van der Waals surface area contributed by atoms with Gasteiger partial charge in [-0.25, -0.2) is 15.6 Å². The first-order valence-corrected chi connectivity index (χ1v) is 10.5. The number of hydrazine groups is 1. The zero-order chi connectivity index (χ0) is 21.8. The van der Waals surface area contributed by atoms with Crippen molar-refractivity contribution < 1.29 is 9.53 Å². The number of carbonyl (C=O) groups is 1. The Labute approximate surface area is 180 Å². The van der Waals surface area contributed by atoms with Crippen LogP contribution in [0.4, 0.5) is 21.2 Å². The van der Waals surface area contributed by atoms with Gasteiger partial charge < -0.3 is 15.5 Å². The molecule has 5 N–H and O–H groups in total. The summed E-state index contributed by atoms with van der Waals surface area (Å²) >= 11 is 1.43. The molecule has 0 aliphatic rings. The maximum Gasteiger partial charge on any atom is 0.412 e. The van der Waals surface area contributed by atoms with Gasteiger partial charge >= 0.3 is 6.09 Å². The topological polar surface area (TPSA) is 106 Å². The molecule has 0 radical (unpaired) electrons. The van der Waals surface area contributed by atoms with E-state index in [1.54, 1.807) is 11.1 Å². The molecule has 1 amide bonds. The lowest BCUT2D eigenvalue weighted by Crippen LogP contribution is -2.30. The number of nitrogen functional groups attached to an aromatic ring is 1. The van der Waals surface area contributed by atoms with Crippen LogP contribution in [0.3, 0.4) is 0 Å². The molecule has 0 unspecified atom stereocenters. The van der Waals surface area contributed by atoms with Gasteiger partial charge in [0.15, 0.2) is 0 Å². The Hall–Kier alpha value is -3.10. The first-order chi connectivity index (χ1) is 14.3. The Bertz CT molecular complexity index is 1060. The fraction of sp³-hybridized carbons (Fsp3) is 0.273. The largest absolute Gasteiger partial charge is 0.444 e. The van der Waals surface area contributed by atoms with Gasteiger partial charge in [-0.1, -0.05) is 41.2 Å². The molecule has 1 heterocycles. The zero-order valence-corrected chi connectivity index (χ0v) is 18.5. The summed E-state index contributed by atoms with van der Waals surface area (Å²) in [5, 5.41) is 5.89. The molecule has 30 heavy (non-hydrogen) atoms. The third kappa shape index (κ3) is 4.90. The number of benzene rings is 2. The molecular weight excluding hydrogens is 398 g/mol. The molecule has 8 heteroatoms. The second-order valence-electron chi connectivity index (χ2n) is 7.13. The number of nitrogens with two attached hydrogens (primary N) is 2. The van der Waals surface area contributed by atoms with Gasteiger partial charge in [-0.2, -0.15) is 0 Å². The minimum absolute atomic E-state index is 0.106. The molecule has 158 valence electrons. The second kappa shape index (κ2) is 9.15. The van der Waals surface area contributed by atoms with Crippen LogP contribution < -0.4 is 21.9 Å². The van der Waals surface area contributed by atoms with Crippen molar-refractivity contribution in [1.82, 2.24) is 4.98 Å². The lowest BCUT2D eigenvalue weighted by Gasteiger charge is -2.18. The minimum Gasteiger partial charge on any atom is -0.444 e. The Morgan fingerprint density at radius 1 is 1.20 bits per heavy atom. The highest BCUT2D eigenvalue weighted by Gasteiger charge is 2.14. The number of aryl methyl sites for hydroxylation is 3. The van der Waals surface area contributed by atoms with E-state index in [0.717, 1.165) is 33.1 Å². The van der Waals surface area contributed by atoms with E-state index >= 15 is 0 Å². The van der Waals surface area contributed by atoms with Gasteiger partial charge in [-0.3, -0.25) is 5.32 Å². The Balaban J connectivity index is 1.64. The van der Waals surface area contributed by atoms with Gasteiger partial charge in [0.25, 0.3) is 0 Å². The quantitative estimate of drug-likeness (QED) is 0.298. The molecule has 7 nitrogen and oxygen atoms in total. The fourth-order valence-electron chi connectivity index (χ4n) is 3.08. The molecule has 0 saturated heterocycles. The number of nitrogens with zero attached hydrogens (tertiary/aromatic N) is 2. The van der Waals surface area contributed by atoms with Crippen LogP contribution in [0, 0.1) is 20.8 Å². The molecule has 3 rings (SSSR count). The van der Waals surface area contributed by atoms with Gasteiger partial charge in [-0.05, 0) is 51.0 Å². The minimum atomic E-state index is -0.536. The SMILES string of the molecule is CCN(N)c1ccc(COC(=O)Nc2sc(-c3ccc(C)cc3C)nc2C)cc1N. The summed E-state index contributed by atoms with van der Waals surface area (Å²) in [4.78, 5) is 16.9. The lowest BCUT2D eigenvalue weighted by molar-refractivity contribution is 0.155. The molecular formula is C22H27N5O2S. The van der Waals surface area contributed by atoms with Crippen molar-refractivity contribution in [3.05, 3.63) is 58.8 Å². The molecule has 3 aromatic rings. The zero-order valence-electron chi connectivity index (χ0n) is 17.7. The van der Waals surface area contributed by atoms with E-state index in [1.807, 2.05) is 26.0 Å². The van der Waals surface area contributed by atoms with Crippen molar-refractivity contribution in [1.29, 1.82) is 0 Å². The van der Waals surface area contributed by atoms with Crippen molar-refractivity contribution in [2.45, 2.75) is 34.3 Å². The molecule has 0 saturated carbocycles. The molecule has 1 aromatic heterocycles. The average Bonchev–Trinajstić information content (AvgIpc) is 3.05. The number of aromatic nitrogens is 1. The van der Waals surface area contributed by atoms with Crippen LogP contribution >= 0.6 is 11.3 Å². The summed E-state index contributed by atoms with van der Waals surface area (Å²) in [6.45, 7) is 8.67. The molecule has 2 aromatic carbocycles. The smallest absolute Gasteiger partial charge is 0.412 e. The van der Waals surface area contributed by atoms with Crippen LogP contribution in [0.5, 0.6) is 0 Å². The molecule has 0 bridgehead atoms. The van der Waals surface area contributed by atoms with Crippen LogP contribution in [0.1, 0.15) is 29.3 Å². The van der Waals surface area contributed by atoms with Crippen molar-refractivity contribution in [2.75, 3.05) is 22.6 Å². The fourth-order valence-corrected chi connectivity index (χ4v) is 4.13. The van der Waals surface area contributed by atoms with Gasteiger partial charge in [0.1, 0.15) is 16.6 Å². The summed E-state index contributed by atoms with van der Waals surface area (Å²) in [5.41, 5.74) is 12.3. The highest BCUT2D eigenvalue weighted by Crippen LogP contribution is 2.34. The highest BCUT2D eigenvalue weighted by molar-refractivity contribution is 7.19. The maximum atomic E-state index is 12.3. The maximum absolute atomic E-state index is 12.3. The normalized spacial score (nSPS) is 10.7. The van der Waals surface area contributed by atoms with Crippen LogP contribution in [-0.2, 0) is 11.3 Å². The number of amides is 1. The van der Waals surface area contributed by atoms with E-state index in [0.29, 0.717) is 17.2 Å². The number of anilines is 3. The summed E-state index contributed by atoms with van der Waals surface area (Å²) in [6.07, 6.45) is -0.536. The van der Waals surface area contributed by atoms with Crippen molar-refractivity contribution in [3.8, 4) is 10.6 Å². The summed E-state index contributed by atoms with van der Waals surface area (Å²) in [7, 11) is 0. The number of hydrogen-bond acceptors (Lipinski definition) is 7. The van der Waals surface area contributed by atoms with Crippen molar-refractivity contribution in [3.63, 3.8) is 0 Å². The van der Waals surface area contributed by atoms with E-state index in [4.69, 9.17) is 16.3 Å². The first-order valence-electron chi connectivity index (χ1n) is 9.68. The molecule has 0 aliphatic carbocycles. The number of nitrogens with one attached hydrogen (secondary N) is 1. The van der Waals surface area contributed by atoms with Crippen LogP contribution in [-0.4, -0.2) is 17.6 Å². The summed E-state index contributed by atoms with van der Waals surface area (Å²) in [5.74, 6) is 5.88.